The lowest BCUT2D eigenvalue weighted by Crippen LogP contribution is -2.26. The van der Waals surface area contributed by atoms with Gasteiger partial charge in [-0.25, -0.2) is 4.98 Å². The minimum Gasteiger partial charge on any atom is -0.365 e. The number of aromatic nitrogens is 2. The van der Waals surface area contributed by atoms with Gasteiger partial charge in [0.2, 0.25) is 5.91 Å². The van der Waals surface area contributed by atoms with Gasteiger partial charge in [0.25, 0.3) is 0 Å². The normalized spacial score (nSPS) is 10.4. The van der Waals surface area contributed by atoms with Gasteiger partial charge in [-0.2, -0.15) is 0 Å². The van der Waals surface area contributed by atoms with E-state index in [1.807, 2.05) is 30.5 Å². The lowest BCUT2D eigenvalue weighted by atomic mass is 10.2. The molecule has 0 atom stereocenters. The molecule has 2 aromatic rings. The molecule has 0 aliphatic carbocycles. The van der Waals surface area contributed by atoms with Gasteiger partial charge in [-0.05, 0) is 37.1 Å². The fraction of sp³-hybridized carbons (Fsp3) is 0.286. The molecule has 1 N–H and O–H groups in total. The highest BCUT2D eigenvalue weighted by Gasteiger charge is 2.11. The van der Waals surface area contributed by atoms with Gasteiger partial charge in [0.05, 0.1) is 0 Å². The van der Waals surface area contributed by atoms with Crippen molar-refractivity contribution in [2.24, 2.45) is 0 Å². The number of nitrogens with zero attached hydrogens (tertiary/aromatic N) is 2. The highest BCUT2D eigenvalue weighted by Crippen LogP contribution is 2.16. The Bertz CT molecular complexity index is 539. The Balaban J connectivity index is 1.85. The van der Waals surface area contributed by atoms with Crippen molar-refractivity contribution in [3.05, 3.63) is 46.8 Å². The van der Waals surface area contributed by atoms with E-state index < -0.39 is 0 Å². The van der Waals surface area contributed by atoms with Crippen LogP contribution in [0.4, 0.5) is 5.82 Å². The van der Waals surface area contributed by atoms with Crippen LogP contribution in [0.25, 0.3) is 0 Å². The fourth-order valence-electron chi connectivity index (χ4n) is 1.83. The third-order valence-electron chi connectivity index (χ3n) is 2.92. The SMILES string of the molecule is CN(C(=O)CCCc1ccc[nH]1)c1cc(Br)ccn1. The minimum atomic E-state index is 0.0807. The molecule has 19 heavy (non-hydrogen) atoms. The van der Waals surface area contributed by atoms with E-state index in [9.17, 15) is 4.79 Å². The molecule has 0 unspecified atom stereocenters. The van der Waals surface area contributed by atoms with Crippen molar-refractivity contribution in [2.75, 3.05) is 11.9 Å². The van der Waals surface area contributed by atoms with Gasteiger partial charge >= 0.3 is 0 Å². The Kier molecular flexibility index (Phi) is 4.74. The van der Waals surface area contributed by atoms with Crippen molar-refractivity contribution in [2.45, 2.75) is 19.3 Å². The number of nitrogens with one attached hydrogen (secondary N) is 1. The number of aryl methyl sites for hydroxylation is 1. The van der Waals surface area contributed by atoms with Crippen molar-refractivity contribution in [1.82, 2.24) is 9.97 Å². The molecule has 2 aromatic heterocycles. The van der Waals surface area contributed by atoms with E-state index in [0.29, 0.717) is 12.2 Å². The smallest absolute Gasteiger partial charge is 0.227 e. The molecular weight excluding hydrogens is 306 g/mol. The molecule has 100 valence electrons. The van der Waals surface area contributed by atoms with Crippen LogP contribution in [0.5, 0.6) is 0 Å². The third kappa shape index (κ3) is 3.92. The molecule has 0 aliphatic heterocycles. The van der Waals surface area contributed by atoms with Crippen molar-refractivity contribution in [3.8, 4) is 0 Å². The Labute approximate surface area is 121 Å². The van der Waals surface area contributed by atoms with E-state index in [1.165, 1.54) is 0 Å². The van der Waals surface area contributed by atoms with Crippen LogP contribution in [0.15, 0.2) is 41.1 Å². The number of pyridine rings is 1. The predicted octanol–water partition coefficient (Wildman–Crippen LogP) is 3.16. The van der Waals surface area contributed by atoms with Crippen molar-refractivity contribution >= 4 is 27.7 Å². The largest absolute Gasteiger partial charge is 0.365 e. The molecule has 5 heteroatoms. The van der Waals surface area contributed by atoms with Gasteiger partial charge in [-0.15, -0.1) is 0 Å². The molecule has 2 heterocycles. The van der Waals surface area contributed by atoms with E-state index in [2.05, 4.69) is 25.9 Å². The van der Waals surface area contributed by atoms with Crippen LogP contribution in [0.2, 0.25) is 0 Å². The van der Waals surface area contributed by atoms with Crippen LogP contribution in [0.1, 0.15) is 18.5 Å². The summed E-state index contributed by atoms with van der Waals surface area (Å²) in [5.74, 6) is 0.747. The highest BCUT2D eigenvalue weighted by atomic mass is 79.9. The van der Waals surface area contributed by atoms with E-state index in [0.717, 1.165) is 23.0 Å². The highest BCUT2D eigenvalue weighted by molar-refractivity contribution is 9.10. The molecule has 0 aliphatic rings. The maximum Gasteiger partial charge on any atom is 0.227 e. The predicted molar refractivity (Wildman–Crippen MR) is 79.1 cm³/mol. The van der Waals surface area contributed by atoms with Gasteiger partial charge < -0.3 is 4.98 Å². The zero-order valence-corrected chi connectivity index (χ0v) is 12.4. The standard InChI is InChI=1S/C14H16BrN3O/c1-18(13-10-11(15)7-9-17-13)14(19)6-2-4-12-5-3-8-16-12/h3,5,7-10,16H,2,4,6H2,1H3. The molecule has 0 aromatic carbocycles. The number of hydrogen-bond donors (Lipinski definition) is 1. The molecular formula is C14H16BrN3O. The molecule has 1 amide bonds. The average molecular weight is 322 g/mol. The van der Waals surface area contributed by atoms with Crippen LogP contribution in [-0.2, 0) is 11.2 Å². The monoisotopic (exact) mass is 321 g/mol. The van der Waals surface area contributed by atoms with Gasteiger partial charge in [-0.1, -0.05) is 15.9 Å². The first-order valence-electron chi connectivity index (χ1n) is 6.17. The molecule has 0 saturated carbocycles. The van der Waals surface area contributed by atoms with E-state index in [-0.39, 0.29) is 5.91 Å². The number of hydrogen-bond acceptors (Lipinski definition) is 2. The van der Waals surface area contributed by atoms with Crippen LogP contribution < -0.4 is 4.90 Å². The van der Waals surface area contributed by atoms with Crippen LogP contribution in [0, 0.1) is 0 Å². The molecule has 0 spiro atoms. The molecule has 0 fully saturated rings. The number of rotatable bonds is 5. The maximum atomic E-state index is 12.0. The Morgan fingerprint density at radius 2 is 2.32 bits per heavy atom. The second-order valence-electron chi connectivity index (χ2n) is 4.33. The lowest BCUT2D eigenvalue weighted by Gasteiger charge is -2.16. The quantitative estimate of drug-likeness (QED) is 0.919. The summed E-state index contributed by atoms with van der Waals surface area (Å²) in [6, 6.07) is 7.68. The van der Waals surface area contributed by atoms with Crippen LogP contribution in [0.3, 0.4) is 0 Å². The first-order chi connectivity index (χ1) is 9.16. The Hall–Kier alpha value is -1.62. The molecule has 2 rings (SSSR count). The second-order valence-corrected chi connectivity index (χ2v) is 5.25. The van der Waals surface area contributed by atoms with Crippen LogP contribution >= 0.6 is 15.9 Å². The van der Waals surface area contributed by atoms with Crippen molar-refractivity contribution < 1.29 is 4.79 Å². The first kappa shape index (κ1) is 13.8. The van der Waals surface area contributed by atoms with Gasteiger partial charge in [-0.3, -0.25) is 9.69 Å². The summed E-state index contributed by atoms with van der Waals surface area (Å²) >= 11 is 3.38. The van der Waals surface area contributed by atoms with Gasteiger partial charge in [0.15, 0.2) is 0 Å². The van der Waals surface area contributed by atoms with Crippen molar-refractivity contribution in [3.63, 3.8) is 0 Å². The summed E-state index contributed by atoms with van der Waals surface area (Å²) in [6.07, 6.45) is 5.82. The third-order valence-corrected chi connectivity index (χ3v) is 3.42. The summed E-state index contributed by atoms with van der Waals surface area (Å²) < 4.78 is 0.920. The number of carbonyl (C=O) groups is 1. The Morgan fingerprint density at radius 3 is 3.00 bits per heavy atom. The zero-order chi connectivity index (χ0) is 13.7. The van der Waals surface area contributed by atoms with Crippen LogP contribution in [-0.4, -0.2) is 22.9 Å². The summed E-state index contributed by atoms with van der Waals surface area (Å²) in [7, 11) is 1.76. The van der Waals surface area contributed by atoms with Crippen molar-refractivity contribution in [1.29, 1.82) is 0 Å². The zero-order valence-electron chi connectivity index (χ0n) is 10.8. The number of anilines is 1. The molecule has 0 bridgehead atoms. The summed E-state index contributed by atoms with van der Waals surface area (Å²) in [5.41, 5.74) is 1.16. The molecule has 4 nitrogen and oxygen atoms in total. The lowest BCUT2D eigenvalue weighted by molar-refractivity contribution is -0.118. The second kappa shape index (κ2) is 6.52. The molecule has 0 radical (unpaired) electrons. The number of halogens is 1. The minimum absolute atomic E-state index is 0.0807. The van der Waals surface area contributed by atoms with Gasteiger partial charge in [0.1, 0.15) is 5.82 Å². The average Bonchev–Trinajstić information content (AvgIpc) is 2.91. The van der Waals surface area contributed by atoms with Gasteiger partial charge in [0, 0.05) is 36.0 Å². The Morgan fingerprint density at radius 1 is 1.47 bits per heavy atom. The van der Waals surface area contributed by atoms with E-state index in [1.54, 1.807) is 18.1 Å². The van der Waals surface area contributed by atoms with E-state index >= 15 is 0 Å². The number of amides is 1. The summed E-state index contributed by atoms with van der Waals surface area (Å²) in [4.78, 5) is 21.0. The number of carbonyl (C=O) groups excluding carboxylic acids is 1. The molecule has 0 saturated heterocycles. The van der Waals surface area contributed by atoms with E-state index in [4.69, 9.17) is 0 Å². The maximum absolute atomic E-state index is 12.0. The fourth-order valence-corrected chi connectivity index (χ4v) is 2.15. The summed E-state index contributed by atoms with van der Waals surface area (Å²) in [6.45, 7) is 0. The number of H-pyrrole nitrogens is 1. The first-order valence-corrected chi connectivity index (χ1v) is 6.96. The topological polar surface area (TPSA) is 49.0 Å². The number of aromatic amines is 1. The summed E-state index contributed by atoms with van der Waals surface area (Å²) in [5, 5.41) is 0.